The van der Waals surface area contributed by atoms with E-state index in [-0.39, 0.29) is 23.9 Å². The zero-order valence-corrected chi connectivity index (χ0v) is 11.6. The van der Waals surface area contributed by atoms with Crippen molar-refractivity contribution in [2.75, 3.05) is 13.2 Å². The van der Waals surface area contributed by atoms with E-state index in [4.69, 9.17) is 14.2 Å². The third-order valence-electron chi connectivity index (χ3n) is 3.92. The molecule has 3 atom stereocenters. The lowest BCUT2D eigenvalue weighted by Gasteiger charge is -2.33. The molecular weight excluding hydrogens is 232 g/mol. The van der Waals surface area contributed by atoms with Gasteiger partial charge in [0.25, 0.3) is 0 Å². The molecular formula is C14H24O4. The average Bonchev–Trinajstić information content (AvgIpc) is 2.70. The van der Waals surface area contributed by atoms with Gasteiger partial charge in [-0.1, -0.05) is 12.8 Å². The first-order valence-corrected chi connectivity index (χ1v) is 7.02. The molecule has 0 unspecified atom stereocenters. The van der Waals surface area contributed by atoms with Gasteiger partial charge in [0.05, 0.1) is 25.2 Å². The van der Waals surface area contributed by atoms with E-state index < -0.39 is 5.79 Å². The molecule has 0 aromatic rings. The van der Waals surface area contributed by atoms with E-state index in [0.717, 1.165) is 19.3 Å². The lowest BCUT2D eigenvalue weighted by molar-refractivity contribution is -0.163. The van der Waals surface area contributed by atoms with Gasteiger partial charge in [0, 0.05) is 5.92 Å². The minimum absolute atomic E-state index is 0.0128. The van der Waals surface area contributed by atoms with Crippen molar-refractivity contribution < 1.29 is 19.0 Å². The molecule has 0 radical (unpaired) electrons. The average molecular weight is 256 g/mol. The van der Waals surface area contributed by atoms with Crippen molar-refractivity contribution >= 4 is 5.97 Å². The van der Waals surface area contributed by atoms with Crippen molar-refractivity contribution in [1.29, 1.82) is 0 Å². The van der Waals surface area contributed by atoms with Crippen molar-refractivity contribution in [2.24, 2.45) is 11.8 Å². The number of ether oxygens (including phenoxy) is 3. The normalized spacial score (nSPS) is 35.4. The number of hydrogen-bond acceptors (Lipinski definition) is 4. The third-order valence-corrected chi connectivity index (χ3v) is 3.92. The lowest BCUT2D eigenvalue weighted by Crippen LogP contribution is -2.38. The minimum Gasteiger partial charge on any atom is -0.466 e. The van der Waals surface area contributed by atoms with E-state index in [0.29, 0.717) is 13.2 Å². The van der Waals surface area contributed by atoms with Crippen LogP contribution in [0.5, 0.6) is 0 Å². The van der Waals surface area contributed by atoms with Gasteiger partial charge in [0.1, 0.15) is 0 Å². The van der Waals surface area contributed by atoms with Crippen LogP contribution in [-0.4, -0.2) is 31.1 Å². The van der Waals surface area contributed by atoms with Crippen molar-refractivity contribution in [3.63, 3.8) is 0 Å². The van der Waals surface area contributed by atoms with E-state index >= 15 is 0 Å². The summed E-state index contributed by atoms with van der Waals surface area (Å²) in [6.07, 6.45) is 4.27. The Labute approximate surface area is 109 Å². The van der Waals surface area contributed by atoms with Crippen LogP contribution in [0.25, 0.3) is 0 Å². The summed E-state index contributed by atoms with van der Waals surface area (Å²) in [7, 11) is 0. The van der Waals surface area contributed by atoms with Crippen LogP contribution in [0.4, 0.5) is 0 Å². The third kappa shape index (κ3) is 3.04. The molecule has 104 valence electrons. The first-order valence-electron chi connectivity index (χ1n) is 7.02. The van der Waals surface area contributed by atoms with E-state index in [2.05, 4.69) is 0 Å². The van der Waals surface area contributed by atoms with Crippen molar-refractivity contribution in [1.82, 2.24) is 0 Å². The van der Waals surface area contributed by atoms with Crippen LogP contribution in [0, 0.1) is 11.8 Å². The van der Waals surface area contributed by atoms with Crippen molar-refractivity contribution in [2.45, 2.75) is 58.3 Å². The van der Waals surface area contributed by atoms with Gasteiger partial charge in [0.15, 0.2) is 5.79 Å². The Morgan fingerprint density at radius 2 is 2.06 bits per heavy atom. The van der Waals surface area contributed by atoms with Crippen LogP contribution in [0.3, 0.4) is 0 Å². The Hall–Kier alpha value is -0.610. The predicted octanol–water partition coefficient (Wildman–Crippen LogP) is 2.51. The van der Waals surface area contributed by atoms with Gasteiger partial charge in [-0.25, -0.2) is 0 Å². The zero-order valence-electron chi connectivity index (χ0n) is 11.6. The summed E-state index contributed by atoms with van der Waals surface area (Å²) in [5.41, 5.74) is 0. The number of hydrogen-bond donors (Lipinski definition) is 0. The van der Waals surface area contributed by atoms with Gasteiger partial charge in [-0.15, -0.1) is 0 Å². The number of rotatable bonds is 3. The second-order valence-electron chi connectivity index (χ2n) is 5.67. The van der Waals surface area contributed by atoms with Gasteiger partial charge in [-0.05, 0) is 33.6 Å². The number of carbonyl (C=O) groups is 1. The SMILES string of the molecule is CCOC(=O)[C@@H]1CCCC[C@H]1[C@H]1COC(C)(C)O1. The number of esters is 1. The molecule has 2 rings (SSSR count). The maximum Gasteiger partial charge on any atom is 0.309 e. The summed E-state index contributed by atoms with van der Waals surface area (Å²) in [4.78, 5) is 12.0. The first-order chi connectivity index (χ1) is 8.53. The largest absolute Gasteiger partial charge is 0.466 e. The molecule has 1 aliphatic carbocycles. The highest BCUT2D eigenvalue weighted by molar-refractivity contribution is 5.73. The molecule has 1 aliphatic heterocycles. The molecule has 4 nitrogen and oxygen atoms in total. The van der Waals surface area contributed by atoms with E-state index in [1.54, 1.807) is 0 Å². The fourth-order valence-corrected chi connectivity index (χ4v) is 3.07. The topological polar surface area (TPSA) is 44.8 Å². The molecule has 0 bridgehead atoms. The summed E-state index contributed by atoms with van der Waals surface area (Å²) < 4.78 is 16.7. The summed E-state index contributed by atoms with van der Waals surface area (Å²) in [6.45, 7) is 6.75. The fraction of sp³-hybridized carbons (Fsp3) is 0.929. The maximum atomic E-state index is 12.0. The highest BCUT2D eigenvalue weighted by Crippen LogP contribution is 2.38. The van der Waals surface area contributed by atoms with Crippen LogP contribution in [-0.2, 0) is 19.0 Å². The monoisotopic (exact) mass is 256 g/mol. The highest BCUT2D eigenvalue weighted by Gasteiger charge is 2.43. The van der Waals surface area contributed by atoms with Crippen LogP contribution < -0.4 is 0 Å². The second-order valence-corrected chi connectivity index (χ2v) is 5.67. The Morgan fingerprint density at radius 1 is 1.33 bits per heavy atom. The van der Waals surface area contributed by atoms with E-state index in [1.807, 2.05) is 20.8 Å². The number of carbonyl (C=O) groups excluding carboxylic acids is 1. The van der Waals surface area contributed by atoms with Crippen molar-refractivity contribution in [3.8, 4) is 0 Å². The van der Waals surface area contributed by atoms with E-state index in [9.17, 15) is 4.79 Å². The molecule has 0 aromatic carbocycles. The lowest BCUT2D eigenvalue weighted by atomic mass is 9.76. The summed E-state index contributed by atoms with van der Waals surface area (Å²) >= 11 is 0. The zero-order chi connectivity index (χ0) is 13.2. The molecule has 2 aliphatic rings. The van der Waals surface area contributed by atoms with Crippen molar-refractivity contribution in [3.05, 3.63) is 0 Å². The summed E-state index contributed by atoms with van der Waals surface area (Å²) in [6, 6.07) is 0. The van der Waals surface area contributed by atoms with Gasteiger partial charge in [-0.2, -0.15) is 0 Å². The minimum atomic E-state index is -0.513. The quantitative estimate of drug-likeness (QED) is 0.728. The molecule has 0 N–H and O–H groups in total. The Bertz CT molecular complexity index is 300. The molecule has 1 heterocycles. The molecule has 1 saturated heterocycles. The molecule has 0 amide bonds. The van der Waals surface area contributed by atoms with Gasteiger partial charge < -0.3 is 14.2 Å². The van der Waals surface area contributed by atoms with Crippen LogP contribution >= 0.6 is 0 Å². The predicted molar refractivity (Wildman–Crippen MR) is 67.0 cm³/mol. The molecule has 18 heavy (non-hydrogen) atoms. The standard InChI is InChI=1S/C14H24O4/c1-4-16-13(15)11-8-6-5-7-10(11)12-9-17-14(2,3)18-12/h10-12H,4-9H2,1-3H3/t10-,11-,12-/m1/s1. The molecule has 0 aromatic heterocycles. The fourth-order valence-electron chi connectivity index (χ4n) is 3.07. The smallest absolute Gasteiger partial charge is 0.309 e. The van der Waals surface area contributed by atoms with Gasteiger partial charge in [0.2, 0.25) is 0 Å². The highest BCUT2D eigenvalue weighted by atomic mass is 16.7. The summed E-state index contributed by atoms with van der Waals surface area (Å²) in [5.74, 6) is -0.335. The molecule has 1 saturated carbocycles. The van der Waals surface area contributed by atoms with Crippen LogP contribution in [0.2, 0.25) is 0 Å². The molecule has 2 fully saturated rings. The van der Waals surface area contributed by atoms with E-state index in [1.165, 1.54) is 6.42 Å². The maximum absolute atomic E-state index is 12.0. The van der Waals surface area contributed by atoms with Gasteiger partial charge in [-0.3, -0.25) is 4.79 Å². The Balaban J connectivity index is 2.02. The molecule has 0 spiro atoms. The summed E-state index contributed by atoms with van der Waals surface area (Å²) in [5, 5.41) is 0. The Kier molecular flexibility index (Phi) is 4.28. The van der Waals surface area contributed by atoms with Crippen LogP contribution in [0.1, 0.15) is 46.5 Å². The first kappa shape index (κ1) is 13.8. The second kappa shape index (κ2) is 5.57. The Morgan fingerprint density at radius 3 is 2.67 bits per heavy atom. The van der Waals surface area contributed by atoms with Crippen LogP contribution in [0.15, 0.2) is 0 Å². The molecule has 4 heteroatoms. The van der Waals surface area contributed by atoms with Gasteiger partial charge >= 0.3 is 5.97 Å².